The van der Waals surface area contributed by atoms with E-state index in [4.69, 9.17) is 9.47 Å². The summed E-state index contributed by atoms with van der Waals surface area (Å²) in [5.41, 5.74) is 3.00. The van der Waals surface area contributed by atoms with Gasteiger partial charge in [-0.2, -0.15) is 0 Å². The number of aromatic amines is 1. The van der Waals surface area contributed by atoms with Gasteiger partial charge in [-0.05, 0) is 48.3 Å². The van der Waals surface area contributed by atoms with Crippen LogP contribution < -0.4 is 10.6 Å². The topological polar surface area (TPSA) is 127 Å². The summed E-state index contributed by atoms with van der Waals surface area (Å²) in [5, 5.41) is 8.44. The van der Waals surface area contributed by atoms with E-state index in [-0.39, 0.29) is 18.9 Å². The second-order valence-corrected chi connectivity index (χ2v) is 9.24. The number of hydrogen-bond donors (Lipinski definition) is 3. The summed E-state index contributed by atoms with van der Waals surface area (Å²) >= 11 is 1.25. The average molecular weight is 498 g/mol. The molecule has 35 heavy (non-hydrogen) atoms. The van der Waals surface area contributed by atoms with E-state index in [1.807, 2.05) is 29.6 Å². The summed E-state index contributed by atoms with van der Waals surface area (Å²) in [6.07, 6.45) is 3.97. The van der Waals surface area contributed by atoms with Crippen molar-refractivity contribution in [2.24, 2.45) is 0 Å². The third kappa shape index (κ3) is 5.89. The molecule has 9 nitrogen and oxygen atoms in total. The van der Waals surface area contributed by atoms with E-state index in [1.54, 1.807) is 13.1 Å². The van der Waals surface area contributed by atoms with Crippen LogP contribution in [0.4, 0.5) is 5.00 Å². The van der Waals surface area contributed by atoms with Gasteiger partial charge in [-0.25, -0.2) is 9.59 Å². The molecule has 1 aliphatic rings. The maximum absolute atomic E-state index is 12.8. The first-order chi connectivity index (χ1) is 16.9. The zero-order valence-electron chi connectivity index (χ0n) is 19.5. The number of ether oxygens (including phenoxy) is 2. The molecule has 1 atom stereocenters. The fraction of sp³-hybridized carbons (Fsp3) is 0.360. The molecule has 3 aromatic rings. The first kappa shape index (κ1) is 24.5. The number of carbonyl (C=O) groups is 4. The van der Waals surface area contributed by atoms with Crippen molar-refractivity contribution in [3.05, 3.63) is 52.5 Å². The molecular formula is C25H27N3O6S. The van der Waals surface area contributed by atoms with Gasteiger partial charge in [-0.15, -0.1) is 11.3 Å². The molecule has 1 fully saturated rings. The highest BCUT2D eigenvalue weighted by molar-refractivity contribution is 7.15. The van der Waals surface area contributed by atoms with Crippen LogP contribution in [-0.4, -0.2) is 48.0 Å². The van der Waals surface area contributed by atoms with E-state index in [1.165, 1.54) is 18.3 Å². The fourth-order valence-electron chi connectivity index (χ4n) is 3.93. The quantitative estimate of drug-likeness (QED) is 0.368. The SMILES string of the molecule is CCOC(=O)c1c(C2CC2)csc1NC(=O)COC(=O)[C@H](Cc1c[nH]c2ccccc12)NC(C)=O. The smallest absolute Gasteiger partial charge is 0.341 e. The molecule has 0 unspecified atom stereocenters. The van der Waals surface area contributed by atoms with Crippen molar-refractivity contribution in [2.75, 3.05) is 18.5 Å². The lowest BCUT2D eigenvalue weighted by molar-refractivity contribution is -0.150. The molecule has 3 N–H and O–H groups in total. The predicted octanol–water partition coefficient (Wildman–Crippen LogP) is 3.51. The molecule has 2 heterocycles. The Bertz CT molecular complexity index is 1260. The number of fused-ring (bicyclic) bond motifs is 1. The number of anilines is 1. The summed E-state index contributed by atoms with van der Waals surface area (Å²) in [4.78, 5) is 52.6. The van der Waals surface area contributed by atoms with Crippen LogP contribution in [0, 0.1) is 0 Å². The van der Waals surface area contributed by atoms with Crippen LogP contribution in [0.15, 0.2) is 35.8 Å². The van der Waals surface area contributed by atoms with Gasteiger partial charge in [-0.3, -0.25) is 9.59 Å². The minimum absolute atomic E-state index is 0.201. The first-order valence-electron chi connectivity index (χ1n) is 11.4. The first-order valence-corrected chi connectivity index (χ1v) is 12.3. The zero-order chi connectivity index (χ0) is 24.9. The summed E-state index contributed by atoms with van der Waals surface area (Å²) in [5.74, 6) is -1.87. The normalized spacial score (nSPS) is 13.8. The van der Waals surface area contributed by atoms with Crippen molar-refractivity contribution >= 4 is 51.0 Å². The molecule has 1 saturated carbocycles. The monoisotopic (exact) mass is 497 g/mol. The number of para-hydroxylation sites is 1. The molecule has 2 aromatic heterocycles. The van der Waals surface area contributed by atoms with Crippen molar-refractivity contribution in [1.29, 1.82) is 0 Å². The van der Waals surface area contributed by atoms with Crippen LogP contribution in [0.25, 0.3) is 10.9 Å². The number of thiophene rings is 1. The summed E-state index contributed by atoms with van der Waals surface area (Å²) in [6.45, 7) is 2.71. The molecule has 184 valence electrons. The number of H-pyrrole nitrogens is 1. The van der Waals surface area contributed by atoms with Crippen molar-refractivity contribution in [2.45, 2.75) is 45.1 Å². The van der Waals surface area contributed by atoms with E-state index < -0.39 is 30.5 Å². The van der Waals surface area contributed by atoms with Crippen molar-refractivity contribution in [3.63, 3.8) is 0 Å². The third-order valence-electron chi connectivity index (χ3n) is 5.68. The lowest BCUT2D eigenvalue weighted by atomic mass is 10.0. The molecule has 0 radical (unpaired) electrons. The summed E-state index contributed by atoms with van der Waals surface area (Å²) < 4.78 is 10.4. The zero-order valence-corrected chi connectivity index (χ0v) is 20.3. The Labute approximate surface area is 206 Å². The van der Waals surface area contributed by atoms with E-state index in [9.17, 15) is 19.2 Å². The maximum Gasteiger partial charge on any atom is 0.341 e. The summed E-state index contributed by atoms with van der Waals surface area (Å²) in [6, 6.07) is 6.66. The van der Waals surface area contributed by atoms with Crippen LogP contribution >= 0.6 is 11.3 Å². The Morgan fingerprint density at radius 3 is 2.66 bits per heavy atom. The van der Waals surface area contributed by atoms with Crippen molar-refractivity contribution < 1.29 is 28.7 Å². The Hall–Kier alpha value is -3.66. The number of aromatic nitrogens is 1. The Morgan fingerprint density at radius 2 is 1.94 bits per heavy atom. The molecule has 4 rings (SSSR count). The molecule has 10 heteroatoms. The summed E-state index contributed by atoms with van der Waals surface area (Å²) in [7, 11) is 0. The molecular weight excluding hydrogens is 470 g/mol. The van der Waals surface area contributed by atoms with Crippen LogP contribution in [-0.2, 0) is 30.3 Å². The molecule has 0 spiro atoms. The van der Waals surface area contributed by atoms with Crippen LogP contribution in [0.3, 0.4) is 0 Å². The van der Waals surface area contributed by atoms with Gasteiger partial charge < -0.3 is 25.1 Å². The van der Waals surface area contributed by atoms with E-state index in [0.29, 0.717) is 16.5 Å². The lowest BCUT2D eigenvalue weighted by Gasteiger charge is -2.16. The van der Waals surface area contributed by atoms with E-state index in [2.05, 4.69) is 15.6 Å². The number of hydrogen-bond acceptors (Lipinski definition) is 7. The van der Waals surface area contributed by atoms with Gasteiger partial charge in [0, 0.05) is 30.4 Å². The van der Waals surface area contributed by atoms with Gasteiger partial charge >= 0.3 is 11.9 Å². The molecule has 1 aliphatic carbocycles. The van der Waals surface area contributed by atoms with Gasteiger partial charge in [0.15, 0.2) is 6.61 Å². The molecule has 0 saturated heterocycles. The van der Waals surface area contributed by atoms with Crippen LogP contribution in [0.1, 0.15) is 54.1 Å². The second-order valence-electron chi connectivity index (χ2n) is 8.36. The standard InChI is InChI=1S/C25H27N3O6S/c1-3-33-25(32)22-18(15-8-9-15)13-35-23(22)28-21(30)12-34-24(31)20(27-14(2)29)10-16-11-26-19-7-5-4-6-17(16)19/h4-7,11,13,15,20,26H,3,8-10,12H2,1-2H3,(H,27,29)(H,28,30)/t20-/m0/s1. The van der Waals surface area contributed by atoms with Gasteiger partial charge in [-0.1, -0.05) is 18.2 Å². The Morgan fingerprint density at radius 1 is 1.17 bits per heavy atom. The average Bonchev–Trinajstić information content (AvgIpc) is 3.47. The second kappa shape index (κ2) is 10.7. The van der Waals surface area contributed by atoms with E-state index >= 15 is 0 Å². The largest absolute Gasteiger partial charge is 0.462 e. The van der Waals surface area contributed by atoms with Gasteiger partial charge in [0.25, 0.3) is 5.91 Å². The third-order valence-corrected chi connectivity index (χ3v) is 6.59. The molecule has 0 bridgehead atoms. The highest BCUT2D eigenvalue weighted by Gasteiger charge is 2.32. The number of carbonyl (C=O) groups excluding carboxylic acids is 4. The highest BCUT2D eigenvalue weighted by atomic mass is 32.1. The molecule has 1 aromatic carbocycles. The number of amides is 2. The maximum atomic E-state index is 12.8. The van der Waals surface area contributed by atoms with Crippen LogP contribution in [0.5, 0.6) is 0 Å². The van der Waals surface area contributed by atoms with Gasteiger partial charge in [0.1, 0.15) is 11.0 Å². The number of benzene rings is 1. The minimum Gasteiger partial charge on any atom is -0.462 e. The Kier molecular flexibility index (Phi) is 7.50. The van der Waals surface area contributed by atoms with Crippen molar-refractivity contribution in [3.8, 4) is 0 Å². The minimum atomic E-state index is -0.960. The van der Waals surface area contributed by atoms with Crippen LogP contribution in [0.2, 0.25) is 0 Å². The Balaban J connectivity index is 1.40. The van der Waals surface area contributed by atoms with E-state index in [0.717, 1.165) is 34.9 Å². The molecule has 0 aliphatic heterocycles. The highest BCUT2D eigenvalue weighted by Crippen LogP contribution is 2.46. The van der Waals surface area contributed by atoms with Gasteiger partial charge in [0.05, 0.1) is 12.2 Å². The molecule has 2 amide bonds. The van der Waals surface area contributed by atoms with Crippen molar-refractivity contribution in [1.82, 2.24) is 10.3 Å². The number of nitrogens with one attached hydrogen (secondary N) is 3. The van der Waals surface area contributed by atoms with Gasteiger partial charge in [0.2, 0.25) is 5.91 Å². The fourth-order valence-corrected chi connectivity index (χ4v) is 4.98. The predicted molar refractivity (Wildman–Crippen MR) is 131 cm³/mol. The number of rotatable bonds is 10. The number of esters is 2. The lowest BCUT2D eigenvalue weighted by Crippen LogP contribution is -2.43.